The second-order valence-corrected chi connectivity index (χ2v) is 9.20. The minimum absolute atomic E-state index is 0.0521. The summed E-state index contributed by atoms with van der Waals surface area (Å²) in [6.07, 6.45) is 3.19. The van der Waals surface area contributed by atoms with Crippen LogP contribution in [0.2, 0.25) is 0 Å². The van der Waals surface area contributed by atoms with E-state index in [1.807, 2.05) is 92.0 Å². The topological polar surface area (TPSA) is 123 Å². The largest absolute Gasteiger partial charge is 0.368 e. The number of para-hydroxylation sites is 2. The first kappa shape index (κ1) is 23.8. The molecule has 0 bridgehead atoms. The Balaban J connectivity index is 1.58. The Morgan fingerprint density at radius 2 is 1.69 bits per heavy atom. The predicted molar refractivity (Wildman–Crippen MR) is 153 cm³/mol. The lowest BCUT2D eigenvalue weighted by Crippen LogP contribution is -2.26. The zero-order valence-electron chi connectivity index (χ0n) is 21.0. The zero-order valence-corrected chi connectivity index (χ0v) is 21.0. The molecule has 3 heterocycles. The number of nitrogens with two attached hydrogens (primary N) is 1. The van der Waals surface area contributed by atoms with E-state index in [9.17, 15) is 10.1 Å². The monoisotopic (exact) mass is 509 g/mol. The van der Waals surface area contributed by atoms with Gasteiger partial charge >= 0.3 is 0 Å². The van der Waals surface area contributed by atoms with E-state index >= 15 is 0 Å². The number of anilines is 2. The Labute approximate surface area is 224 Å². The summed E-state index contributed by atoms with van der Waals surface area (Å²) < 4.78 is 1.70. The van der Waals surface area contributed by atoms with Gasteiger partial charge in [-0.05, 0) is 48.2 Å². The zero-order chi connectivity index (χ0) is 26.9. The second-order valence-electron chi connectivity index (χ2n) is 9.20. The molecule has 3 aromatic heterocycles. The highest BCUT2D eigenvalue weighted by Gasteiger charge is 2.20. The molecule has 188 valence electrons. The van der Waals surface area contributed by atoms with E-state index < -0.39 is 6.04 Å². The third-order valence-corrected chi connectivity index (χ3v) is 6.72. The van der Waals surface area contributed by atoms with Gasteiger partial charge in [0.2, 0.25) is 5.95 Å². The number of nitrogens with zero attached hydrogens (tertiary/aromatic N) is 5. The van der Waals surface area contributed by atoms with E-state index in [2.05, 4.69) is 32.4 Å². The van der Waals surface area contributed by atoms with Gasteiger partial charge in [0.1, 0.15) is 17.5 Å². The number of fused-ring (bicyclic) bond motifs is 2. The van der Waals surface area contributed by atoms with Crippen LogP contribution in [0.1, 0.15) is 24.2 Å². The van der Waals surface area contributed by atoms with Crippen molar-refractivity contribution < 1.29 is 0 Å². The summed E-state index contributed by atoms with van der Waals surface area (Å²) in [6.45, 7) is 1.91. The summed E-state index contributed by atoms with van der Waals surface area (Å²) in [4.78, 5) is 27.1. The van der Waals surface area contributed by atoms with Gasteiger partial charge in [0.15, 0.2) is 0 Å². The minimum atomic E-state index is -0.408. The van der Waals surface area contributed by atoms with Gasteiger partial charge in [0.05, 0.1) is 23.1 Å². The van der Waals surface area contributed by atoms with E-state index in [4.69, 9.17) is 5.73 Å². The quantitative estimate of drug-likeness (QED) is 0.309. The molecule has 0 saturated carbocycles. The van der Waals surface area contributed by atoms with E-state index in [0.717, 1.165) is 33.1 Å². The molecule has 0 radical (unpaired) electrons. The highest BCUT2D eigenvalue weighted by molar-refractivity contribution is 5.98. The van der Waals surface area contributed by atoms with Crippen LogP contribution in [-0.4, -0.2) is 19.5 Å². The molecule has 0 aliphatic rings. The third kappa shape index (κ3) is 4.32. The first-order chi connectivity index (χ1) is 19.0. The Kier molecular flexibility index (Phi) is 5.94. The van der Waals surface area contributed by atoms with Crippen molar-refractivity contribution in [1.29, 1.82) is 5.26 Å². The van der Waals surface area contributed by atoms with Gasteiger partial charge in [-0.2, -0.15) is 10.2 Å². The smallest absolute Gasteiger partial charge is 0.263 e. The maximum Gasteiger partial charge on any atom is 0.263 e. The molecular weight excluding hydrogens is 486 g/mol. The van der Waals surface area contributed by atoms with Crippen molar-refractivity contribution in [3.63, 3.8) is 0 Å². The number of rotatable bonds is 5. The summed E-state index contributed by atoms with van der Waals surface area (Å²) in [7, 11) is 0. The summed E-state index contributed by atoms with van der Waals surface area (Å²) in [5, 5.41) is 15.2. The van der Waals surface area contributed by atoms with Crippen LogP contribution >= 0.6 is 0 Å². The summed E-state index contributed by atoms with van der Waals surface area (Å²) in [5.74, 6) is 0.358. The van der Waals surface area contributed by atoms with Crippen LogP contribution in [0.25, 0.3) is 38.5 Å². The first-order valence-electron chi connectivity index (χ1n) is 12.4. The van der Waals surface area contributed by atoms with Gasteiger partial charge in [-0.15, -0.1) is 0 Å². The molecule has 1 unspecified atom stereocenters. The Morgan fingerprint density at radius 3 is 2.51 bits per heavy atom. The molecule has 1 atom stereocenters. The van der Waals surface area contributed by atoms with Crippen molar-refractivity contribution in [3.8, 4) is 22.9 Å². The van der Waals surface area contributed by atoms with Crippen molar-refractivity contribution in [2.75, 3.05) is 11.1 Å². The van der Waals surface area contributed by atoms with Crippen LogP contribution in [0.5, 0.6) is 0 Å². The van der Waals surface area contributed by atoms with E-state index in [-0.39, 0.29) is 17.1 Å². The summed E-state index contributed by atoms with van der Waals surface area (Å²) >= 11 is 0. The van der Waals surface area contributed by atoms with Crippen molar-refractivity contribution >= 4 is 33.4 Å². The van der Waals surface area contributed by atoms with Gasteiger partial charge in [-0.1, -0.05) is 54.6 Å². The van der Waals surface area contributed by atoms with Crippen molar-refractivity contribution in [2.45, 2.75) is 13.0 Å². The fourth-order valence-corrected chi connectivity index (χ4v) is 4.87. The third-order valence-electron chi connectivity index (χ3n) is 6.72. The molecule has 0 spiro atoms. The maximum absolute atomic E-state index is 14.4. The van der Waals surface area contributed by atoms with Gasteiger partial charge in [-0.3, -0.25) is 14.3 Å². The van der Waals surface area contributed by atoms with Crippen LogP contribution in [0.4, 0.5) is 11.8 Å². The van der Waals surface area contributed by atoms with Crippen LogP contribution < -0.4 is 16.6 Å². The highest BCUT2D eigenvalue weighted by Crippen LogP contribution is 2.31. The van der Waals surface area contributed by atoms with E-state index in [1.54, 1.807) is 4.57 Å². The molecule has 6 aromatic rings. The minimum Gasteiger partial charge on any atom is -0.368 e. The number of nitrogens with one attached hydrogen (secondary N) is 1. The average Bonchev–Trinajstić information content (AvgIpc) is 2.97. The number of benzene rings is 3. The molecular formula is C31H23N7O. The van der Waals surface area contributed by atoms with Gasteiger partial charge in [0, 0.05) is 28.5 Å². The van der Waals surface area contributed by atoms with Crippen LogP contribution in [0.3, 0.4) is 0 Å². The lowest BCUT2D eigenvalue weighted by Gasteiger charge is -2.22. The number of pyridine rings is 2. The normalized spacial score (nSPS) is 11.8. The van der Waals surface area contributed by atoms with Crippen molar-refractivity contribution in [1.82, 2.24) is 19.5 Å². The van der Waals surface area contributed by atoms with Crippen LogP contribution in [0, 0.1) is 11.3 Å². The SMILES string of the molecule is CC(Nc1nc(N)ncc1C#N)c1cc2cccc(-c3cnc4ccccc4c3)c2c(=O)n1-c1ccccc1. The highest BCUT2D eigenvalue weighted by atomic mass is 16.1. The van der Waals surface area contributed by atoms with Crippen molar-refractivity contribution in [2.24, 2.45) is 0 Å². The number of hydrogen-bond acceptors (Lipinski definition) is 7. The first-order valence-corrected chi connectivity index (χ1v) is 12.4. The lowest BCUT2D eigenvalue weighted by atomic mass is 9.98. The molecule has 8 nitrogen and oxygen atoms in total. The molecule has 0 saturated heterocycles. The van der Waals surface area contributed by atoms with Gasteiger partial charge < -0.3 is 11.1 Å². The Hall–Kier alpha value is -5.55. The molecule has 0 amide bonds. The molecule has 39 heavy (non-hydrogen) atoms. The van der Waals surface area contributed by atoms with Crippen LogP contribution in [0.15, 0.2) is 102 Å². The Morgan fingerprint density at radius 1 is 0.923 bits per heavy atom. The molecule has 3 N–H and O–H groups in total. The lowest BCUT2D eigenvalue weighted by molar-refractivity contribution is 0.772. The summed E-state index contributed by atoms with van der Waals surface area (Å²) in [5.41, 5.74) is 9.89. The predicted octanol–water partition coefficient (Wildman–Crippen LogP) is 5.62. The van der Waals surface area contributed by atoms with E-state index in [0.29, 0.717) is 16.9 Å². The molecule has 0 aliphatic carbocycles. The number of nitrogen functional groups attached to an aromatic ring is 1. The van der Waals surface area contributed by atoms with Crippen molar-refractivity contribution in [3.05, 3.63) is 119 Å². The van der Waals surface area contributed by atoms with E-state index in [1.165, 1.54) is 6.20 Å². The van der Waals surface area contributed by atoms with Gasteiger partial charge in [0.25, 0.3) is 5.56 Å². The molecule has 0 aliphatic heterocycles. The molecule has 6 rings (SSSR count). The van der Waals surface area contributed by atoms with Gasteiger partial charge in [-0.25, -0.2) is 4.98 Å². The maximum atomic E-state index is 14.4. The number of nitriles is 1. The second kappa shape index (κ2) is 9.72. The summed E-state index contributed by atoms with van der Waals surface area (Å²) in [6, 6.07) is 29.0. The Bertz CT molecular complexity index is 1960. The fourth-order valence-electron chi connectivity index (χ4n) is 4.87. The standard InChI is InChI=1S/C31H23N7O/c1-19(36-29-23(16-32)18-35-31(33)37-29)27-15-21-9-7-12-25(22-14-20-8-5-6-13-26(20)34-17-22)28(21)30(39)38(27)24-10-3-2-4-11-24/h2-15,17-19H,1H3,(H3,33,35,36,37). The number of aromatic nitrogens is 4. The fraction of sp³-hybridized carbons (Fsp3) is 0.0645. The molecule has 8 heteroatoms. The van der Waals surface area contributed by atoms with Crippen LogP contribution in [-0.2, 0) is 0 Å². The average molecular weight is 510 g/mol. The molecule has 3 aromatic carbocycles. The molecule has 0 fully saturated rings. The number of hydrogen-bond donors (Lipinski definition) is 2.